The molecule has 1 N–H and O–H groups in total. The van der Waals surface area contributed by atoms with Crippen LogP contribution in [0.4, 0.5) is 0 Å². The number of nitrogens with zero attached hydrogens (tertiary/aromatic N) is 1. The van der Waals surface area contributed by atoms with Crippen LogP contribution in [0, 0.1) is 0 Å². The van der Waals surface area contributed by atoms with Crippen LogP contribution < -0.4 is 9.47 Å². The van der Waals surface area contributed by atoms with Crippen LogP contribution in [0.2, 0.25) is 0 Å². The summed E-state index contributed by atoms with van der Waals surface area (Å²) in [5.41, 5.74) is 3.71. The Balaban J connectivity index is 1.92. The summed E-state index contributed by atoms with van der Waals surface area (Å²) in [5.74, 6) is 1.63. The number of likely N-dealkylation sites (N-methyl/N-ethyl adjacent to an activating group) is 1. The van der Waals surface area contributed by atoms with E-state index in [0.717, 1.165) is 25.1 Å². The Hall–Kier alpha value is -2.20. The standard InChI is InChI=1S/C19H23NO3/c1-20-9-8-14-11-18(21)19(23-3)12-16(14)17(20)10-13-4-6-15(22-2)7-5-13/h4-7,11-12,17,21H,8-10H2,1-3H3. The van der Waals surface area contributed by atoms with Crippen LogP contribution in [0.15, 0.2) is 36.4 Å². The number of hydrogen-bond acceptors (Lipinski definition) is 4. The Morgan fingerprint density at radius 2 is 1.87 bits per heavy atom. The molecule has 1 aliphatic rings. The Morgan fingerprint density at radius 3 is 2.52 bits per heavy atom. The normalized spacial score (nSPS) is 17.6. The molecular formula is C19H23NO3. The van der Waals surface area contributed by atoms with Gasteiger partial charge in [0.1, 0.15) is 5.75 Å². The summed E-state index contributed by atoms with van der Waals surface area (Å²) in [7, 11) is 5.42. The fourth-order valence-electron chi connectivity index (χ4n) is 3.26. The minimum absolute atomic E-state index is 0.221. The lowest BCUT2D eigenvalue weighted by atomic mass is 9.88. The lowest BCUT2D eigenvalue weighted by Gasteiger charge is -2.35. The number of hydrogen-bond donors (Lipinski definition) is 1. The molecule has 122 valence electrons. The van der Waals surface area contributed by atoms with Crippen molar-refractivity contribution in [3.63, 3.8) is 0 Å². The molecule has 1 unspecified atom stereocenters. The van der Waals surface area contributed by atoms with Crippen LogP contribution in [0.3, 0.4) is 0 Å². The number of aromatic hydroxyl groups is 1. The van der Waals surface area contributed by atoms with Crippen molar-refractivity contribution in [3.05, 3.63) is 53.1 Å². The summed E-state index contributed by atoms with van der Waals surface area (Å²) in [5, 5.41) is 10.0. The van der Waals surface area contributed by atoms with Crippen LogP contribution >= 0.6 is 0 Å². The Bertz CT molecular complexity index is 682. The highest BCUT2D eigenvalue weighted by Crippen LogP contribution is 2.38. The third-order valence-electron chi connectivity index (χ3n) is 4.65. The van der Waals surface area contributed by atoms with Crippen LogP contribution in [0.25, 0.3) is 0 Å². The van der Waals surface area contributed by atoms with Crippen LogP contribution in [-0.4, -0.2) is 37.8 Å². The van der Waals surface area contributed by atoms with Gasteiger partial charge in [-0.2, -0.15) is 0 Å². The van der Waals surface area contributed by atoms with Crippen molar-refractivity contribution in [1.29, 1.82) is 0 Å². The van der Waals surface area contributed by atoms with Crippen LogP contribution in [-0.2, 0) is 12.8 Å². The molecule has 0 aliphatic carbocycles. The molecule has 1 heterocycles. The molecule has 3 rings (SSSR count). The predicted octanol–water partition coefficient (Wildman–Crippen LogP) is 3.18. The van der Waals surface area contributed by atoms with Gasteiger partial charge in [0.25, 0.3) is 0 Å². The summed E-state index contributed by atoms with van der Waals surface area (Å²) >= 11 is 0. The molecule has 0 amide bonds. The molecule has 0 fully saturated rings. The molecule has 0 saturated heterocycles. The zero-order chi connectivity index (χ0) is 16.4. The molecule has 4 heteroatoms. The lowest BCUT2D eigenvalue weighted by molar-refractivity contribution is 0.228. The number of methoxy groups -OCH3 is 2. The average Bonchev–Trinajstić information content (AvgIpc) is 2.57. The van der Waals surface area contributed by atoms with Gasteiger partial charge in [0.15, 0.2) is 11.5 Å². The number of phenolic OH excluding ortho intramolecular Hbond substituents is 1. The number of phenols is 1. The van der Waals surface area contributed by atoms with Gasteiger partial charge in [-0.15, -0.1) is 0 Å². The number of fused-ring (bicyclic) bond motifs is 1. The zero-order valence-electron chi connectivity index (χ0n) is 13.9. The van der Waals surface area contributed by atoms with Gasteiger partial charge in [0.05, 0.1) is 14.2 Å². The van der Waals surface area contributed by atoms with Crippen molar-refractivity contribution >= 4 is 0 Å². The Labute approximate surface area is 137 Å². The van der Waals surface area contributed by atoms with Gasteiger partial charge in [0, 0.05) is 12.6 Å². The summed E-state index contributed by atoms with van der Waals surface area (Å²) in [4.78, 5) is 2.36. The highest BCUT2D eigenvalue weighted by Gasteiger charge is 2.26. The van der Waals surface area contributed by atoms with Gasteiger partial charge in [-0.1, -0.05) is 12.1 Å². The third-order valence-corrected chi connectivity index (χ3v) is 4.65. The van der Waals surface area contributed by atoms with E-state index in [1.54, 1.807) is 14.2 Å². The second kappa shape index (κ2) is 6.50. The van der Waals surface area contributed by atoms with Gasteiger partial charge < -0.3 is 14.6 Å². The largest absolute Gasteiger partial charge is 0.504 e. The van der Waals surface area contributed by atoms with E-state index < -0.39 is 0 Å². The quantitative estimate of drug-likeness (QED) is 0.941. The van der Waals surface area contributed by atoms with Gasteiger partial charge in [-0.25, -0.2) is 0 Å². The predicted molar refractivity (Wildman–Crippen MR) is 90.4 cm³/mol. The number of benzene rings is 2. The Kier molecular flexibility index (Phi) is 4.44. The van der Waals surface area contributed by atoms with Crippen molar-refractivity contribution < 1.29 is 14.6 Å². The number of ether oxygens (including phenoxy) is 2. The van der Waals surface area contributed by atoms with Gasteiger partial charge in [0.2, 0.25) is 0 Å². The van der Waals surface area contributed by atoms with Crippen molar-refractivity contribution in [2.75, 3.05) is 27.8 Å². The Morgan fingerprint density at radius 1 is 1.13 bits per heavy atom. The average molecular weight is 313 g/mol. The summed E-state index contributed by atoms with van der Waals surface area (Å²) in [6.45, 7) is 0.986. The molecule has 0 radical (unpaired) electrons. The smallest absolute Gasteiger partial charge is 0.160 e. The molecule has 4 nitrogen and oxygen atoms in total. The topological polar surface area (TPSA) is 41.9 Å². The molecule has 0 bridgehead atoms. The first kappa shape index (κ1) is 15.7. The first-order valence-corrected chi connectivity index (χ1v) is 7.85. The minimum atomic E-state index is 0.221. The van der Waals surface area contributed by atoms with E-state index in [0.29, 0.717) is 5.75 Å². The van der Waals surface area contributed by atoms with Gasteiger partial charge in [-0.05, 0) is 60.8 Å². The van der Waals surface area contributed by atoms with Gasteiger partial charge in [-0.3, -0.25) is 4.90 Å². The number of rotatable bonds is 4. The van der Waals surface area contributed by atoms with Crippen LogP contribution in [0.1, 0.15) is 22.7 Å². The first-order chi connectivity index (χ1) is 11.1. The summed E-state index contributed by atoms with van der Waals surface area (Å²) in [6, 6.07) is 12.3. The van der Waals surface area contributed by atoms with Crippen molar-refractivity contribution in [2.24, 2.45) is 0 Å². The minimum Gasteiger partial charge on any atom is -0.504 e. The monoisotopic (exact) mass is 313 g/mol. The summed E-state index contributed by atoms with van der Waals surface area (Å²) in [6.07, 6.45) is 1.87. The van der Waals surface area contributed by atoms with Crippen LogP contribution in [0.5, 0.6) is 17.2 Å². The summed E-state index contributed by atoms with van der Waals surface area (Å²) < 4.78 is 10.5. The zero-order valence-corrected chi connectivity index (χ0v) is 13.9. The van der Waals surface area contributed by atoms with E-state index in [2.05, 4.69) is 24.1 Å². The van der Waals surface area contributed by atoms with E-state index in [4.69, 9.17) is 9.47 Å². The second-order valence-corrected chi connectivity index (χ2v) is 6.02. The van der Waals surface area contributed by atoms with Crippen molar-refractivity contribution in [3.8, 4) is 17.2 Å². The molecule has 1 aliphatic heterocycles. The molecule has 0 saturated carbocycles. The lowest BCUT2D eigenvalue weighted by Crippen LogP contribution is -2.33. The fraction of sp³-hybridized carbons (Fsp3) is 0.368. The van der Waals surface area contributed by atoms with E-state index >= 15 is 0 Å². The van der Waals surface area contributed by atoms with E-state index in [1.165, 1.54) is 16.7 Å². The van der Waals surface area contributed by atoms with E-state index in [-0.39, 0.29) is 11.8 Å². The highest BCUT2D eigenvalue weighted by molar-refractivity contribution is 5.49. The molecule has 0 aromatic heterocycles. The molecule has 2 aromatic rings. The van der Waals surface area contributed by atoms with E-state index in [9.17, 15) is 5.11 Å². The first-order valence-electron chi connectivity index (χ1n) is 7.85. The maximum atomic E-state index is 10.0. The third kappa shape index (κ3) is 3.13. The SMILES string of the molecule is COc1ccc(CC2c3cc(OC)c(O)cc3CCN2C)cc1. The van der Waals surface area contributed by atoms with Crippen molar-refractivity contribution in [2.45, 2.75) is 18.9 Å². The molecule has 0 spiro atoms. The van der Waals surface area contributed by atoms with E-state index in [1.807, 2.05) is 24.3 Å². The maximum absolute atomic E-state index is 10.0. The van der Waals surface area contributed by atoms with Gasteiger partial charge >= 0.3 is 0 Å². The van der Waals surface area contributed by atoms with Crippen molar-refractivity contribution in [1.82, 2.24) is 4.90 Å². The second-order valence-electron chi connectivity index (χ2n) is 6.02. The molecule has 1 atom stereocenters. The molecule has 23 heavy (non-hydrogen) atoms. The highest BCUT2D eigenvalue weighted by atomic mass is 16.5. The molecular weight excluding hydrogens is 290 g/mol. The maximum Gasteiger partial charge on any atom is 0.160 e. The fourth-order valence-corrected chi connectivity index (χ4v) is 3.26. The molecule has 2 aromatic carbocycles.